The number of rotatable bonds is 6. The SMILES string of the molecule is CCOC(=O)CCS(=O)(=O)CC1CCCCN1. The van der Waals surface area contributed by atoms with Crippen LogP contribution in [-0.2, 0) is 19.4 Å². The molecule has 6 heteroatoms. The van der Waals surface area contributed by atoms with Crippen LogP contribution >= 0.6 is 0 Å². The van der Waals surface area contributed by atoms with E-state index in [2.05, 4.69) is 5.32 Å². The van der Waals surface area contributed by atoms with Crippen LogP contribution < -0.4 is 5.32 Å². The number of ether oxygens (including phenoxy) is 1. The predicted octanol–water partition coefficient (Wildman–Crippen LogP) is 0.496. The second-order valence-electron chi connectivity index (χ2n) is 4.32. The molecule has 0 spiro atoms. The highest BCUT2D eigenvalue weighted by atomic mass is 32.2. The molecule has 5 nitrogen and oxygen atoms in total. The molecular weight excluding hydrogens is 242 g/mol. The molecule has 1 aliphatic rings. The molecule has 0 aromatic heterocycles. The Morgan fingerprint density at radius 3 is 2.76 bits per heavy atom. The van der Waals surface area contributed by atoms with Crippen molar-refractivity contribution in [1.29, 1.82) is 0 Å². The van der Waals surface area contributed by atoms with Crippen molar-refractivity contribution in [3.63, 3.8) is 0 Å². The maximum absolute atomic E-state index is 11.8. The second kappa shape index (κ2) is 6.96. The van der Waals surface area contributed by atoms with E-state index in [1.807, 2.05) is 0 Å². The first-order valence-electron chi connectivity index (χ1n) is 6.13. The number of hydrogen-bond acceptors (Lipinski definition) is 5. The summed E-state index contributed by atoms with van der Waals surface area (Å²) in [4.78, 5) is 11.1. The van der Waals surface area contributed by atoms with Crippen molar-refractivity contribution in [1.82, 2.24) is 5.32 Å². The Balaban J connectivity index is 2.32. The van der Waals surface area contributed by atoms with Crippen LogP contribution in [0.2, 0.25) is 0 Å². The first-order valence-corrected chi connectivity index (χ1v) is 7.95. The monoisotopic (exact) mass is 263 g/mol. The zero-order chi connectivity index (χ0) is 12.7. The highest BCUT2D eigenvalue weighted by molar-refractivity contribution is 7.91. The normalized spacial score (nSPS) is 21.1. The standard InChI is InChI=1S/C11H21NO4S/c1-2-16-11(13)6-8-17(14,15)9-10-5-3-4-7-12-10/h10,12H,2-9H2,1H3. The van der Waals surface area contributed by atoms with Gasteiger partial charge < -0.3 is 10.1 Å². The molecule has 0 radical (unpaired) electrons. The van der Waals surface area contributed by atoms with Gasteiger partial charge in [0.1, 0.15) is 0 Å². The lowest BCUT2D eigenvalue weighted by Crippen LogP contribution is -2.40. The largest absolute Gasteiger partial charge is 0.466 e. The average molecular weight is 263 g/mol. The van der Waals surface area contributed by atoms with Crippen molar-refractivity contribution in [2.75, 3.05) is 24.7 Å². The third kappa shape index (κ3) is 6.02. The molecule has 100 valence electrons. The van der Waals surface area contributed by atoms with Crippen LogP contribution in [0.5, 0.6) is 0 Å². The number of carbonyl (C=O) groups is 1. The molecule has 1 heterocycles. The van der Waals surface area contributed by atoms with Gasteiger partial charge in [-0.1, -0.05) is 6.42 Å². The van der Waals surface area contributed by atoms with Gasteiger partial charge in [-0.2, -0.15) is 0 Å². The number of esters is 1. The number of piperidine rings is 1. The van der Waals surface area contributed by atoms with Crippen LogP contribution in [0.15, 0.2) is 0 Å². The van der Waals surface area contributed by atoms with E-state index in [9.17, 15) is 13.2 Å². The molecule has 1 aliphatic heterocycles. The topological polar surface area (TPSA) is 72.5 Å². The molecule has 0 bridgehead atoms. The van der Waals surface area contributed by atoms with Crippen molar-refractivity contribution in [2.24, 2.45) is 0 Å². The molecule has 0 aliphatic carbocycles. The molecule has 1 rings (SSSR count). The Bertz CT molecular complexity index is 333. The van der Waals surface area contributed by atoms with Crippen molar-refractivity contribution in [2.45, 2.75) is 38.6 Å². The van der Waals surface area contributed by atoms with Crippen molar-refractivity contribution >= 4 is 15.8 Å². The van der Waals surface area contributed by atoms with Crippen LogP contribution in [0, 0.1) is 0 Å². The Morgan fingerprint density at radius 1 is 1.41 bits per heavy atom. The van der Waals surface area contributed by atoms with Crippen molar-refractivity contribution in [3.8, 4) is 0 Å². The van der Waals surface area contributed by atoms with E-state index in [4.69, 9.17) is 4.74 Å². The summed E-state index contributed by atoms with van der Waals surface area (Å²) in [5.41, 5.74) is 0. The molecule has 1 N–H and O–H groups in total. The van der Waals surface area contributed by atoms with Gasteiger partial charge in [-0.05, 0) is 26.3 Å². The minimum Gasteiger partial charge on any atom is -0.466 e. The maximum atomic E-state index is 11.8. The minimum atomic E-state index is -3.16. The summed E-state index contributed by atoms with van der Waals surface area (Å²) in [6.45, 7) is 2.89. The fourth-order valence-corrected chi connectivity index (χ4v) is 3.47. The van der Waals surface area contributed by atoms with Crippen molar-refractivity contribution < 1.29 is 17.9 Å². The third-order valence-corrected chi connectivity index (χ3v) is 4.53. The van der Waals surface area contributed by atoms with Gasteiger partial charge in [-0.3, -0.25) is 4.79 Å². The highest BCUT2D eigenvalue weighted by Crippen LogP contribution is 2.10. The lowest BCUT2D eigenvalue weighted by atomic mass is 10.1. The van der Waals surface area contributed by atoms with E-state index in [1.54, 1.807) is 6.92 Å². The maximum Gasteiger partial charge on any atom is 0.306 e. The fraction of sp³-hybridized carbons (Fsp3) is 0.909. The molecule has 0 aromatic carbocycles. The highest BCUT2D eigenvalue weighted by Gasteiger charge is 2.21. The number of hydrogen-bond donors (Lipinski definition) is 1. The molecule has 0 aromatic rings. The Kier molecular flexibility index (Phi) is 5.91. The minimum absolute atomic E-state index is 0.0388. The zero-order valence-corrected chi connectivity index (χ0v) is 11.1. The fourth-order valence-electron chi connectivity index (χ4n) is 1.93. The summed E-state index contributed by atoms with van der Waals surface area (Å²) in [5.74, 6) is -0.413. The van der Waals surface area contributed by atoms with Gasteiger partial charge in [0, 0.05) is 6.04 Å². The van der Waals surface area contributed by atoms with Crippen LogP contribution in [0.3, 0.4) is 0 Å². The van der Waals surface area contributed by atoms with Gasteiger partial charge in [0.15, 0.2) is 9.84 Å². The van der Waals surface area contributed by atoms with E-state index in [0.29, 0.717) is 6.61 Å². The summed E-state index contributed by atoms with van der Waals surface area (Å²) >= 11 is 0. The molecule has 1 unspecified atom stereocenters. The van der Waals surface area contributed by atoms with Crippen LogP contribution in [0.25, 0.3) is 0 Å². The van der Waals surface area contributed by atoms with Crippen LogP contribution in [-0.4, -0.2) is 45.1 Å². The first-order chi connectivity index (χ1) is 8.03. The lowest BCUT2D eigenvalue weighted by Gasteiger charge is -2.23. The quantitative estimate of drug-likeness (QED) is 0.706. The van der Waals surface area contributed by atoms with Gasteiger partial charge in [0.25, 0.3) is 0 Å². The Morgan fingerprint density at radius 2 is 2.18 bits per heavy atom. The van der Waals surface area contributed by atoms with Crippen molar-refractivity contribution in [3.05, 3.63) is 0 Å². The Labute approximate surface area is 103 Å². The zero-order valence-electron chi connectivity index (χ0n) is 10.3. The summed E-state index contributed by atoms with van der Waals surface area (Å²) < 4.78 is 28.2. The van der Waals surface area contributed by atoms with E-state index >= 15 is 0 Å². The molecule has 1 fully saturated rings. The van der Waals surface area contributed by atoms with Gasteiger partial charge in [-0.25, -0.2) is 8.42 Å². The van der Waals surface area contributed by atoms with E-state index in [1.165, 1.54) is 0 Å². The van der Waals surface area contributed by atoms with E-state index < -0.39 is 15.8 Å². The summed E-state index contributed by atoms with van der Waals surface area (Å²) in [5, 5.41) is 3.19. The summed E-state index contributed by atoms with van der Waals surface area (Å²) in [7, 11) is -3.16. The molecule has 0 amide bonds. The number of sulfone groups is 1. The summed E-state index contributed by atoms with van der Waals surface area (Å²) in [6, 6.07) is 0.0518. The lowest BCUT2D eigenvalue weighted by molar-refractivity contribution is -0.142. The van der Waals surface area contributed by atoms with Crippen LogP contribution in [0.1, 0.15) is 32.6 Å². The second-order valence-corrected chi connectivity index (χ2v) is 6.54. The predicted molar refractivity (Wildman–Crippen MR) is 65.5 cm³/mol. The number of nitrogens with one attached hydrogen (secondary N) is 1. The molecule has 1 saturated heterocycles. The van der Waals surface area contributed by atoms with E-state index in [-0.39, 0.29) is 24.0 Å². The van der Waals surface area contributed by atoms with Gasteiger partial charge >= 0.3 is 5.97 Å². The third-order valence-electron chi connectivity index (χ3n) is 2.79. The molecular formula is C11H21NO4S. The number of carbonyl (C=O) groups excluding carboxylic acids is 1. The van der Waals surface area contributed by atoms with Crippen LogP contribution in [0.4, 0.5) is 0 Å². The molecule has 17 heavy (non-hydrogen) atoms. The Hall–Kier alpha value is -0.620. The van der Waals surface area contributed by atoms with Gasteiger partial charge in [0.2, 0.25) is 0 Å². The smallest absolute Gasteiger partial charge is 0.306 e. The summed E-state index contributed by atoms with van der Waals surface area (Å²) in [6.07, 6.45) is 3.05. The first kappa shape index (κ1) is 14.4. The van der Waals surface area contributed by atoms with Gasteiger partial charge in [0.05, 0.1) is 24.5 Å². The van der Waals surface area contributed by atoms with E-state index in [0.717, 1.165) is 25.8 Å². The van der Waals surface area contributed by atoms with Gasteiger partial charge in [-0.15, -0.1) is 0 Å². The average Bonchev–Trinajstić information content (AvgIpc) is 2.28. The molecule has 1 atom stereocenters. The molecule has 0 saturated carbocycles.